The summed E-state index contributed by atoms with van der Waals surface area (Å²) in [4.78, 5) is 27.1. The van der Waals surface area contributed by atoms with Crippen molar-refractivity contribution in [3.05, 3.63) is 29.5 Å². The molecule has 0 fully saturated rings. The SMILES string of the molecule is CCOc1nc2ccc(Oc3cnc(OCC(C)NC(=O)COF)cn3)c(Cl)c2s1. The van der Waals surface area contributed by atoms with Crippen molar-refractivity contribution in [3.8, 4) is 22.7 Å². The van der Waals surface area contributed by atoms with Crippen LogP contribution < -0.4 is 19.5 Å². The van der Waals surface area contributed by atoms with E-state index >= 15 is 0 Å². The van der Waals surface area contributed by atoms with Crippen LogP contribution in [0.25, 0.3) is 10.2 Å². The molecule has 1 N–H and O–H groups in total. The maximum absolute atomic E-state index is 11.6. The zero-order chi connectivity index (χ0) is 21.5. The van der Waals surface area contributed by atoms with Gasteiger partial charge in [-0.1, -0.05) is 22.9 Å². The lowest BCUT2D eigenvalue weighted by atomic mass is 10.3. The van der Waals surface area contributed by atoms with E-state index in [-0.39, 0.29) is 24.4 Å². The Morgan fingerprint density at radius 1 is 1.27 bits per heavy atom. The molecule has 3 rings (SSSR count). The monoisotopic (exact) mass is 456 g/mol. The average Bonchev–Trinajstić information content (AvgIpc) is 3.13. The van der Waals surface area contributed by atoms with E-state index in [0.717, 1.165) is 10.2 Å². The molecule has 12 heteroatoms. The van der Waals surface area contributed by atoms with E-state index in [9.17, 15) is 9.32 Å². The predicted octanol–water partition coefficient (Wildman–Crippen LogP) is 3.72. The fraction of sp³-hybridized carbons (Fsp3) is 0.333. The van der Waals surface area contributed by atoms with Crippen LogP contribution >= 0.6 is 22.9 Å². The molecule has 1 unspecified atom stereocenters. The highest BCUT2D eigenvalue weighted by Gasteiger charge is 2.14. The fourth-order valence-electron chi connectivity index (χ4n) is 2.35. The van der Waals surface area contributed by atoms with Gasteiger partial charge in [-0.15, -0.1) is 0 Å². The van der Waals surface area contributed by atoms with Crippen molar-refractivity contribution in [1.29, 1.82) is 0 Å². The van der Waals surface area contributed by atoms with Crippen molar-refractivity contribution < 1.29 is 28.5 Å². The number of hydrogen-bond donors (Lipinski definition) is 1. The predicted molar refractivity (Wildman–Crippen MR) is 108 cm³/mol. The lowest BCUT2D eigenvalue weighted by Crippen LogP contribution is -2.38. The third-order valence-electron chi connectivity index (χ3n) is 3.60. The number of fused-ring (bicyclic) bond motifs is 1. The van der Waals surface area contributed by atoms with Gasteiger partial charge in [-0.3, -0.25) is 4.79 Å². The topological polar surface area (TPSA) is 105 Å². The molecule has 0 spiro atoms. The summed E-state index contributed by atoms with van der Waals surface area (Å²) >= 11 is 7.77. The lowest BCUT2D eigenvalue weighted by Gasteiger charge is -2.13. The Labute approximate surface area is 180 Å². The normalized spacial score (nSPS) is 11.9. The van der Waals surface area contributed by atoms with E-state index in [1.54, 1.807) is 19.1 Å². The molecule has 1 atom stereocenters. The second kappa shape index (κ2) is 10.3. The second-order valence-electron chi connectivity index (χ2n) is 5.97. The summed E-state index contributed by atoms with van der Waals surface area (Å²) in [6.45, 7) is 3.53. The molecular weight excluding hydrogens is 439 g/mol. The molecular formula is C18H18ClFN4O5S. The zero-order valence-electron chi connectivity index (χ0n) is 16.1. The highest BCUT2D eigenvalue weighted by atomic mass is 35.5. The summed E-state index contributed by atoms with van der Waals surface area (Å²) in [7, 11) is 0. The molecule has 160 valence electrons. The molecule has 9 nitrogen and oxygen atoms in total. The Kier molecular flexibility index (Phi) is 7.55. The first kappa shape index (κ1) is 21.9. The Balaban J connectivity index is 1.60. The van der Waals surface area contributed by atoms with E-state index in [1.165, 1.54) is 23.7 Å². The maximum Gasteiger partial charge on any atom is 0.274 e. The van der Waals surface area contributed by atoms with Crippen molar-refractivity contribution in [3.63, 3.8) is 0 Å². The Bertz CT molecular complexity index is 1000. The lowest BCUT2D eigenvalue weighted by molar-refractivity contribution is -0.157. The van der Waals surface area contributed by atoms with Crippen molar-refractivity contribution in [1.82, 2.24) is 20.3 Å². The van der Waals surface area contributed by atoms with Gasteiger partial charge < -0.3 is 19.5 Å². The molecule has 1 amide bonds. The van der Waals surface area contributed by atoms with Gasteiger partial charge in [0.15, 0.2) is 6.61 Å². The number of ether oxygens (including phenoxy) is 3. The van der Waals surface area contributed by atoms with E-state index in [1.807, 2.05) is 6.92 Å². The summed E-state index contributed by atoms with van der Waals surface area (Å²) in [5.74, 6) is 0.270. The molecule has 0 aliphatic carbocycles. The molecule has 0 bridgehead atoms. The van der Waals surface area contributed by atoms with Crippen LogP contribution in [0.1, 0.15) is 13.8 Å². The maximum atomic E-state index is 11.6. The molecule has 30 heavy (non-hydrogen) atoms. The van der Waals surface area contributed by atoms with Crippen LogP contribution in [0.15, 0.2) is 24.5 Å². The van der Waals surface area contributed by atoms with Crippen LogP contribution in [0.5, 0.6) is 22.7 Å². The number of benzene rings is 1. The number of carbonyl (C=O) groups excluding carboxylic acids is 1. The molecule has 1 aromatic carbocycles. The van der Waals surface area contributed by atoms with Crippen molar-refractivity contribution >= 4 is 39.1 Å². The van der Waals surface area contributed by atoms with Crippen LogP contribution in [0.3, 0.4) is 0 Å². The Morgan fingerprint density at radius 2 is 2.03 bits per heavy atom. The van der Waals surface area contributed by atoms with Gasteiger partial charge in [-0.2, -0.15) is 4.94 Å². The minimum Gasteiger partial charge on any atom is -0.474 e. The molecule has 0 aliphatic heterocycles. The van der Waals surface area contributed by atoms with Gasteiger partial charge in [0.1, 0.15) is 17.4 Å². The van der Waals surface area contributed by atoms with Crippen LogP contribution in [0.4, 0.5) is 4.53 Å². The van der Waals surface area contributed by atoms with E-state index in [0.29, 0.717) is 22.6 Å². The summed E-state index contributed by atoms with van der Waals surface area (Å²) < 4.78 is 29.0. The summed E-state index contributed by atoms with van der Waals surface area (Å²) in [6.07, 6.45) is 2.76. The summed E-state index contributed by atoms with van der Waals surface area (Å²) in [5, 5.41) is 3.44. The van der Waals surface area contributed by atoms with Gasteiger partial charge in [0.2, 0.25) is 17.7 Å². The van der Waals surface area contributed by atoms with Gasteiger partial charge >= 0.3 is 0 Å². The minimum atomic E-state index is -0.668. The smallest absolute Gasteiger partial charge is 0.274 e. The molecule has 0 saturated heterocycles. The first-order valence-corrected chi connectivity index (χ1v) is 10.1. The Morgan fingerprint density at radius 3 is 2.73 bits per heavy atom. The summed E-state index contributed by atoms with van der Waals surface area (Å²) in [5.41, 5.74) is 0.718. The molecule has 2 aromatic heterocycles. The highest BCUT2D eigenvalue weighted by Crippen LogP contribution is 2.40. The van der Waals surface area contributed by atoms with Crippen LogP contribution in [0, 0.1) is 0 Å². The van der Waals surface area contributed by atoms with Crippen molar-refractivity contribution in [2.75, 3.05) is 19.8 Å². The number of carbonyl (C=O) groups is 1. The average molecular weight is 457 g/mol. The number of thiazole rings is 1. The fourth-order valence-corrected chi connectivity index (χ4v) is 3.57. The van der Waals surface area contributed by atoms with Crippen LogP contribution in [0.2, 0.25) is 5.02 Å². The van der Waals surface area contributed by atoms with Gasteiger partial charge in [-0.25, -0.2) is 15.0 Å². The number of nitrogens with one attached hydrogen (secondary N) is 1. The minimum absolute atomic E-state index is 0.114. The van der Waals surface area contributed by atoms with Crippen LogP contribution in [-0.2, 0) is 9.74 Å². The van der Waals surface area contributed by atoms with E-state index in [2.05, 4.69) is 25.2 Å². The molecule has 0 aliphatic rings. The molecule has 0 radical (unpaired) electrons. The number of amides is 1. The van der Waals surface area contributed by atoms with Gasteiger partial charge in [0.05, 0.1) is 35.3 Å². The quantitative estimate of drug-likeness (QED) is 0.492. The van der Waals surface area contributed by atoms with Crippen molar-refractivity contribution in [2.45, 2.75) is 19.9 Å². The standard InChI is InChI=1S/C18H18ClFN4O5S/c1-3-26-18-24-11-4-5-12(16(19)17(11)30-18)29-15-7-21-14(6-22-15)27-8-10(2)23-13(25)9-28-20/h4-7,10H,3,8-9H2,1-2H3,(H,23,25). The number of halogens is 2. The third-order valence-corrected chi connectivity index (χ3v) is 5.09. The summed E-state index contributed by atoms with van der Waals surface area (Å²) in [6, 6.07) is 3.10. The third kappa shape index (κ3) is 5.65. The van der Waals surface area contributed by atoms with Crippen LogP contribution in [-0.4, -0.2) is 46.7 Å². The first-order chi connectivity index (χ1) is 14.5. The molecule has 3 aromatic rings. The number of hydrogen-bond acceptors (Lipinski definition) is 9. The number of aromatic nitrogens is 3. The highest BCUT2D eigenvalue weighted by molar-refractivity contribution is 7.20. The molecule has 0 saturated carbocycles. The first-order valence-electron chi connectivity index (χ1n) is 8.87. The second-order valence-corrected chi connectivity index (χ2v) is 7.31. The number of nitrogens with zero attached hydrogens (tertiary/aromatic N) is 3. The van der Waals surface area contributed by atoms with Gasteiger partial charge in [0.25, 0.3) is 5.19 Å². The largest absolute Gasteiger partial charge is 0.474 e. The van der Waals surface area contributed by atoms with Crippen molar-refractivity contribution in [2.24, 2.45) is 0 Å². The van der Waals surface area contributed by atoms with Gasteiger partial charge in [0, 0.05) is 0 Å². The van der Waals surface area contributed by atoms with E-state index < -0.39 is 12.5 Å². The Hall–Kier alpha value is -2.76. The molecule has 2 heterocycles. The zero-order valence-corrected chi connectivity index (χ0v) is 17.6. The van der Waals surface area contributed by atoms with E-state index in [4.69, 9.17) is 25.8 Å². The number of rotatable bonds is 10. The van der Waals surface area contributed by atoms with Gasteiger partial charge in [-0.05, 0) is 30.5 Å².